The first kappa shape index (κ1) is 13.6. The van der Waals surface area contributed by atoms with Gasteiger partial charge >= 0.3 is 0 Å². The maximum Gasteiger partial charge on any atom is 0.271 e. The first-order chi connectivity index (χ1) is 8.54. The number of halogens is 1. The summed E-state index contributed by atoms with van der Waals surface area (Å²) in [6.07, 6.45) is 1.95. The highest BCUT2D eigenvalue weighted by molar-refractivity contribution is 9.10. The Bertz CT molecular complexity index is 434. The predicted octanol–water partition coefficient (Wildman–Crippen LogP) is 2.52. The largest absolute Gasteiger partial charge is 0.377 e. The Hall–Kier alpha value is -0.810. The molecule has 1 fully saturated rings. The van der Waals surface area contributed by atoms with Crippen molar-refractivity contribution in [3.05, 3.63) is 22.4 Å². The molecular formula is C13H19BrN2O2. The molecule has 0 bridgehead atoms. The van der Waals surface area contributed by atoms with Gasteiger partial charge in [0.05, 0.1) is 25.3 Å². The molecule has 0 aromatic carbocycles. The van der Waals surface area contributed by atoms with Gasteiger partial charge in [0.2, 0.25) is 0 Å². The lowest BCUT2D eigenvalue weighted by atomic mass is 10.1. The fraction of sp³-hybridized carbons (Fsp3) is 0.615. The molecular weight excluding hydrogens is 296 g/mol. The molecule has 1 aliphatic rings. The third-order valence-corrected chi connectivity index (χ3v) is 3.76. The van der Waals surface area contributed by atoms with E-state index in [4.69, 9.17) is 4.74 Å². The van der Waals surface area contributed by atoms with E-state index in [1.54, 1.807) is 0 Å². The summed E-state index contributed by atoms with van der Waals surface area (Å²) in [6.45, 7) is 8.12. The van der Waals surface area contributed by atoms with Gasteiger partial charge in [0.1, 0.15) is 5.69 Å². The van der Waals surface area contributed by atoms with Crippen LogP contribution in [-0.4, -0.2) is 40.7 Å². The van der Waals surface area contributed by atoms with E-state index in [-0.39, 0.29) is 18.0 Å². The lowest BCUT2D eigenvalue weighted by Gasteiger charge is -2.38. The Morgan fingerprint density at radius 1 is 1.44 bits per heavy atom. The van der Waals surface area contributed by atoms with E-state index in [0.29, 0.717) is 13.2 Å². The van der Waals surface area contributed by atoms with E-state index in [2.05, 4.69) is 15.9 Å². The fourth-order valence-electron chi connectivity index (χ4n) is 2.45. The molecule has 0 saturated carbocycles. The van der Waals surface area contributed by atoms with Crippen LogP contribution in [0.25, 0.3) is 0 Å². The fourth-order valence-corrected chi connectivity index (χ4v) is 2.92. The summed E-state index contributed by atoms with van der Waals surface area (Å²) >= 11 is 3.43. The van der Waals surface area contributed by atoms with Crippen LogP contribution in [0.2, 0.25) is 0 Å². The highest BCUT2D eigenvalue weighted by Gasteiger charge is 2.31. The number of aryl methyl sites for hydroxylation is 1. The minimum atomic E-state index is 0.0888. The van der Waals surface area contributed by atoms with Crippen molar-refractivity contribution in [2.75, 3.05) is 13.2 Å². The number of nitrogens with zero attached hydrogens (tertiary/aromatic N) is 2. The van der Waals surface area contributed by atoms with Gasteiger partial charge in [-0.1, -0.05) is 0 Å². The Morgan fingerprint density at radius 3 is 2.61 bits per heavy atom. The quantitative estimate of drug-likeness (QED) is 0.840. The van der Waals surface area contributed by atoms with Crippen LogP contribution in [0.1, 0.15) is 31.3 Å². The van der Waals surface area contributed by atoms with Crippen molar-refractivity contribution < 1.29 is 9.53 Å². The Labute approximate surface area is 116 Å². The molecule has 0 spiro atoms. The van der Waals surface area contributed by atoms with Crippen molar-refractivity contribution >= 4 is 21.8 Å². The van der Waals surface area contributed by atoms with Crippen LogP contribution in [0.3, 0.4) is 0 Å². The van der Waals surface area contributed by atoms with Crippen molar-refractivity contribution in [3.63, 3.8) is 0 Å². The van der Waals surface area contributed by atoms with Crippen LogP contribution < -0.4 is 0 Å². The highest BCUT2D eigenvalue weighted by atomic mass is 79.9. The lowest BCUT2D eigenvalue weighted by molar-refractivity contribution is -0.0254. The number of carbonyl (C=O) groups excluding carboxylic acids is 1. The summed E-state index contributed by atoms with van der Waals surface area (Å²) in [6, 6.07) is 2.14. The molecule has 5 heteroatoms. The number of hydrogen-bond acceptors (Lipinski definition) is 2. The average molecular weight is 315 g/mol. The van der Waals surface area contributed by atoms with Crippen molar-refractivity contribution in [1.29, 1.82) is 0 Å². The van der Waals surface area contributed by atoms with E-state index in [0.717, 1.165) is 16.7 Å². The van der Waals surface area contributed by atoms with E-state index in [9.17, 15) is 4.79 Å². The number of ether oxygens (including phenoxy) is 1. The molecule has 0 aliphatic carbocycles. The van der Waals surface area contributed by atoms with E-state index in [1.165, 1.54) is 0 Å². The standard InChI is InChI=1S/C13H19BrN2O2/c1-4-15-6-11(14)5-12(15)13(17)16-9(2)7-18-8-10(16)3/h5-6,9-10H,4,7-8H2,1-3H3/t9-,10+. The van der Waals surface area contributed by atoms with Crippen LogP contribution in [0, 0.1) is 0 Å². The monoisotopic (exact) mass is 314 g/mol. The maximum absolute atomic E-state index is 12.6. The van der Waals surface area contributed by atoms with Gasteiger partial charge in [-0.05, 0) is 42.8 Å². The number of morpholine rings is 1. The van der Waals surface area contributed by atoms with Crippen LogP contribution in [0.5, 0.6) is 0 Å². The molecule has 4 nitrogen and oxygen atoms in total. The van der Waals surface area contributed by atoms with Gasteiger partial charge in [0, 0.05) is 17.2 Å². The number of rotatable bonds is 2. The van der Waals surface area contributed by atoms with Crippen LogP contribution in [0.4, 0.5) is 0 Å². The summed E-state index contributed by atoms with van der Waals surface area (Å²) in [5.74, 6) is 0.0888. The van der Waals surface area contributed by atoms with Crippen LogP contribution >= 0.6 is 15.9 Å². The molecule has 2 heterocycles. The number of carbonyl (C=O) groups is 1. The third-order valence-electron chi connectivity index (χ3n) is 3.33. The van der Waals surface area contributed by atoms with Gasteiger partial charge in [-0.15, -0.1) is 0 Å². The molecule has 1 aliphatic heterocycles. The molecule has 2 atom stereocenters. The van der Waals surface area contributed by atoms with Crippen LogP contribution in [-0.2, 0) is 11.3 Å². The summed E-state index contributed by atoms with van der Waals surface area (Å²) in [7, 11) is 0. The third kappa shape index (κ3) is 2.47. The number of aromatic nitrogens is 1. The minimum absolute atomic E-state index is 0.0888. The van der Waals surface area contributed by atoms with Gasteiger partial charge in [0.25, 0.3) is 5.91 Å². The molecule has 0 unspecified atom stereocenters. The van der Waals surface area contributed by atoms with E-state index in [1.807, 2.05) is 42.5 Å². The van der Waals surface area contributed by atoms with Gasteiger partial charge in [-0.3, -0.25) is 4.79 Å². The SMILES string of the molecule is CCn1cc(Br)cc1C(=O)N1[C@H](C)COC[C@@H]1C. The molecule has 0 radical (unpaired) electrons. The number of amides is 1. The second kappa shape index (κ2) is 5.45. The minimum Gasteiger partial charge on any atom is -0.377 e. The second-order valence-electron chi connectivity index (χ2n) is 4.78. The van der Waals surface area contributed by atoms with Crippen molar-refractivity contribution in [1.82, 2.24) is 9.47 Å². The number of hydrogen-bond donors (Lipinski definition) is 0. The maximum atomic E-state index is 12.6. The molecule has 1 amide bonds. The van der Waals surface area contributed by atoms with Crippen molar-refractivity contribution in [2.45, 2.75) is 39.4 Å². The van der Waals surface area contributed by atoms with Gasteiger partial charge in [0.15, 0.2) is 0 Å². The molecule has 2 rings (SSSR count). The zero-order chi connectivity index (χ0) is 13.3. The smallest absolute Gasteiger partial charge is 0.271 e. The van der Waals surface area contributed by atoms with Crippen LogP contribution in [0.15, 0.2) is 16.7 Å². The normalized spacial score (nSPS) is 24.3. The first-order valence-corrected chi connectivity index (χ1v) is 7.10. The van der Waals surface area contributed by atoms with Gasteiger partial charge in [-0.2, -0.15) is 0 Å². The topological polar surface area (TPSA) is 34.5 Å². The second-order valence-corrected chi connectivity index (χ2v) is 5.69. The zero-order valence-electron chi connectivity index (χ0n) is 11.0. The first-order valence-electron chi connectivity index (χ1n) is 6.30. The van der Waals surface area contributed by atoms with E-state index >= 15 is 0 Å². The molecule has 1 saturated heterocycles. The van der Waals surface area contributed by atoms with E-state index < -0.39 is 0 Å². The van der Waals surface area contributed by atoms with Crippen molar-refractivity contribution in [3.8, 4) is 0 Å². The van der Waals surface area contributed by atoms with Gasteiger partial charge < -0.3 is 14.2 Å². The predicted molar refractivity (Wildman–Crippen MR) is 73.7 cm³/mol. The molecule has 1 aromatic heterocycles. The summed E-state index contributed by atoms with van der Waals surface area (Å²) < 4.78 is 8.38. The Morgan fingerprint density at radius 2 is 2.06 bits per heavy atom. The lowest BCUT2D eigenvalue weighted by Crippen LogP contribution is -2.52. The Balaban J connectivity index is 2.29. The summed E-state index contributed by atoms with van der Waals surface area (Å²) in [5, 5.41) is 0. The summed E-state index contributed by atoms with van der Waals surface area (Å²) in [5.41, 5.74) is 0.741. The molecule has 1 aromatic rings. The molecule has 100 valence electrons. The van der Waals surface area contributed by atoms with Crippen molar-refractivity contribution in [2.24, 2.45) is 0 Å². The Kier molecular flexibility index (Phi) is 4.12. The zero-order valence-corrected chi connectivity index (χ0v) is 12.6. The summed E-state index contributed by atoms with van der Waals surface area (Å²) in [4.78, 5) is 14.6. The molecule has 0 N–H and O–H groups in total. The van der Waals surface area contributed by atoms with Gasteiger partial charge in [-0.25, -0.2) is 0 Å². The average Bonchev–Trinajstić information content (AvgIpc) is 2.70. The highest BCUT2D eigenvalue weighted by Crippen LogP contribution is 2.21. The molecule has 18 heavy (non-hydrogen) atoms.